The average Bonchev–Trinajstić information content (AvgIpc) is 2.89. The maximum absolute atomic E-state index is 12.3. The second-order valence-corrected chi connectivity index (χ2v) is 9.47. The molecule has 10 heteroatoms. The molecule has 0 radical (unpaired) electrons. The minimum Gasteiger partial charge on any atom is -0.494 e. The van der Waals surface area contributed by atoms with Crippen molar-refractivity contribution in [2.45, 2.75) is 37.8 Å². The van der Waals surface area contributed by atoms with Crippen LogP contribution in [0.4, 0.5) is 23.0 Å². The molecule has 0 atom stereocenters. The summed E-state index contributed by atoms with van der Waals surface area (Å²) in [5.74, 6) is 1.30. The zero-order chi connectivity index (χ0) is 25.5. The molecule has 2 aliphatic heterocycles. The molecule has 0 spiro atoms. The molecule has 2 aromatic rings. The van der Waals surface area contributed by atoms with Gasteiger partial charge in [-0.15, -0.1) is 0 Å². The van der Waals surface area contributed by atoms with E-state index in [0.717, 1.165) is 57.5 Å². The van der Waals surface area contributed by atoms with E-state index in [-0.39, 0.29) is 12.0 Å². The van der Waals surface area contributed by atoms with Crippen molar-refractivity contribution < 1.29 is 19.6 Å². The second kappa shape index (κ2) is 12.0. The number of amides is 1. The van der Waals surface area contributed by atoms with E-state index in [1.807, 2.05) is 12.1 Å². The molecule has 1 amide bonds. The van der Waals surface area contributed by atoms with Crippen LogP contribution in [0.5, 0.6) is 11.6 Å². The standard InChI is InChI=1S/C26H37N7O3/c1-5-24(34)29-20-16-21(23(35-4)17-22(20)33-14-9-18(10-15-33)32(2)3)30-26-28-13-8-25(31-26)36-19-6-11-27-12-7-19/h5,8,13,16-19,27H,1,6-7,9-12,14-15H2,2-4H3,(H,29,34)(H,28,30,31)/p+1. The van der Waals surface area contributed by atoms with Gasteiger partial charge in [-0.1, -0.05) is 6.58 Å². The largest absolute Gasteiger partial charge is 0.494 e. The highest BCUT2D eigenvalue weighted by Gasteiger charge is 2.24. The van der Waals surface area contributed by atoms with Gasteiger partial charge in [0.05, 0.1) is 37.3 Å². The van der Waals surface area contributed by atoms with E-state index in [1.165, 1.54) is 6.08 Å². The van der Waals surface area contributed by atoms with Crippen LogP contribution in [0.2, 0.25) is 0 Å². The fourth-order valence-corrected chi connectivity index (χ4v) is 4.78. The highest BCUT2D eigenvalue weighted by Crippen LogP contribution is 2.39. The number of quaternary nitrogens is 1. The zero-order valence-corrected chi connectivity index (χ0v) is 21.5. The Balaban J connectivity index is 1.58. The van der Waals surface area contributed by atoms with Crippen LogP contribution in [0, 0.1) is 0 Å². The maximum Gasteiger partial charge on any atom is 0.247 e. The lowest BCUT2D eigenvalue weighted by Crippen LogP contribution is -2.86. The van der Waals surface area contributed by atoms with Crippen molar-refractivity contribution in [1.82, 2.24) is 14.9 Å². The number of nitrogens with two attached hydrogens (primary N) is 1. The Morgan fingerprint density at radius 2 is 1.94 bits per heavy atom. The molecule has 4 N–H and O–H groups in total. The number of hydrogen-bond donors (Lipinski definition) is 3. The van der Waals surface area contributed by atoms with Crippen molar-refractivity contribution in [1.29, 1.82) is 0 Å². The van der Waals surface area contributed by atoms with Gasteiger partial charge in [-0.05, 0) is 39.1 Å². The average molecular weight is 497 g/mol. The number of benzene rings is 1. The summed E-state index contributed by atoms with van der Waals surface area (Å²) in [6.45, 7) is 7.51. The summed E-state index contributed by atoms with van der Waals surface area (Å²) < 4.78 is 11.8. The van der Waals surface area contributed by atoms with Gasteiger partial charge in [0.1, 0.15) is 11.9 Å². The fraction of sp³-hybridized carbons (Fsp3) is 0.500. The monoisotopic (exact) mass is 496 g/mol. The first kappa shape index (κ1) is 25.7. The minimum atomic E-state index is -0.271. The van der Waals surface area contributed by atoms with E-state index in [1.54, 1.807) is 19.4 Å². The third-order valence-electron chi connectivity index (χ3n) is 6.85. The highest BCUT2D eigenvalue weighted by atomic mass is 16.5. The summed E-state index contributed by atoms with van der Waals surface area (Å²) in [5.41, 5.74) is 2.24. The topological polar surface area (TPSA) is 108 Å². The second-order valence-electron chi connectivity index (χ2n) is 9.47. The van der Waals surface area contributed by atoms with Gasteiger partial charge < -0.3 is 35.2 Å². The van der Waals surface area contributed by atoms with Crippen LogP contribution in [-0.4, -0.2) is 80.3 Å². The summed E-state index contributed by atoms with van der Waals surface area (Å²) in [7, 11) is 5.87. The number of nitrogens with one attached hydrogen (secondary N) is 2. The summed E-state index contributed by atoms with van der Waals surface area (Å²) >= 11 is 0. The Labute approximate surface area is 213 Å². The summed E-state index contributed by atoms with van der Waals surface area (Å²) in [5, 5.41) is 8.51. The Bertz CT molecular complexity index is 1050. The molecule has 3 heterocycles. The van der Waals surface area contributed by atoms with Crippen molar-refractivity contribution in [2.75, 3.05) is 62.9 Å². The number of ether oxygens (including phenoxy) is 2. The van der Waals surface area contributed by atoms with E-state index in [2.05, 4.69) is 56.4 Å². The maximum atomic E-state index is 12.3. The van der Waals surface area contributed by atoms with Crippen LogP contribution >= 0.6 is 0 Å². The fourth-order valence-electron chi connectivity index (χ4n) is 4.78. The Kier molecular flexibility index (Phi) is 8.61. The normalized spacial score (nSPS) is 17.1. The SMILES string of the molecule is C=CC(=O)Nc1cc(Nc2nccc(OC3CC[NH2+]CC3)n2)c(OC)cc1N1CCC(N(C)C)CC1. The van der Waals surface area contributed by atoms with Gasteiger partial charge in [0.2, 0.25) is 17.7 Å². The van der Waals surface area contributed by atoms with Crippen molar-refractivity contribution >= 4 is 28.9 Å². The highest BCUT2D eigenvalue weighted by molar-refractivity contribution is 6.02. The molecule has 36 heavy (non-hydrogen) atoms. The molecule has 2 saturated heterocycles. The number of hydrogen-bond acceptors (Lipinski definition) is 8. The first-order chi connectivity index (χ1) is 17.5. The van der Waals surface area contributed by atoms with Gasteiger partial charge in [0.25, 0.3) is 0 Å². The Morgan fingerprint density at radius 1 is 1.19 bits per heavy atom. The van der Waals surface area contributed by atoms with E-state index < -0.39 is 0 Å². The van der Waals surface area contributed by atoms with Crippen molar-refractivity contribution in [3.63, 3.8) is 0 Å². The number of methoxy groups -OCH3 is 1. The third-order valence-corrected chi connectivity index (χ3v) is 6.85. The number of carbonyl (C=O) groups is 1. The van der Waals surface area contributed by atoms with Crippen molar-refractivity contribution in [2.24, 2.45) is 0 Å². The van der Waals surface area contributed by atoms with Crippen LogP contribution in [0.3, 0.4) is 0 Å². The Hall–Kier alpha value is -3.37. The number of piperidine rings is 2. The number of nitrogens with zero attached hydrogens (tertiary/aromatic N) is 4. The van der Waals surface area contributed by atoms with Crippen LogP contribution in [0.15, 0.2) is 37.1 Å². The molecule has 0 bridgehead atoms. The molecule has 0 unspecified atom stereocenters. The number of anilines is 4. The lowest BCUT2D eigenvalue weighted by Gasteiger charge is -2.37. The van der Waals surface area contributed by atoms with Crippen LogP contribution in [0.1, 0.15) is 25.7 Å². The minimum absolute atomic E-state index is 0.170. The molecule has 4 rings (SSSR count). The molecule has 0 saturated carbocycles. The van der Waals surface area contributed by atoms with Gasteiger partial charge in [-0.25, -0.2) is 4.98 Å². The van der Waals surface area contributed by atoms with Gasteiger partial charge in [0, 0.05) is 50.3 Å². The molecule has 2 aliphatic rings. The van der Waals surface area contributed by atoms with Gasteiger partial charge in [-0.2, -0.15) is 4.98 Å². The molecule has 2 fully saturated rings. The quantitative estimate of drug-likeness (QED) is 0.453. The van der Waals surface area contributed by atoms with Gasteiger partial charge in [0.15, 0.2) is 0 Å². The summed E-state index contributed by atoms with van der Waals surface area (Å²) in [6.07, 6.45) is 7.21. The molecular formula is C26H38N7O3+. The molecular weight excluding hydrogens is 458 g/mol. The van der Waals surface area contributed by atoms with E-state index >= 15 is 0 Å². The third kappa shape index (κ3) is 6.44. The molecule has 194 valence electrons. The smallest absolute Gasteiger partial charge is 0.247 e. The molecule has 1 aromatic carbocycles. The van der Waals surface area contributed by atoms with Gasteiger partial charge in [-0.3, -0.25) is 4.79 Å². The number of rotatable bonds is 9. The van der Waals surface area contributed by atoms with Crippen molar-refractivity contribution in [3.05, 3.63) is 37.1 Å². The predicted molar refractivity (Wildman–Crippen MR) is 141 cm³/mol. The van der Waals surface area contributed by atoms with Crippen LogP contribution in [-0.2, 0) is 4.79 Å². The first-order valence-electron chi connectivity index (χ1n) is 12.6. The summed E-state index contributed by atoms with van der Waals surface area (Å²) in [4.78, 5) is 25.7. The lowest BCUT2D eigenvalue weighted by molar-refractivity contribution is -0.664. The molecule has 1 aromatic heterocycles. The number of carbonyl (C=O) groups excluding carboxylic acids is 1. The molecule has 0 aliphatic carbocycles. The van der Waals surface area contributed by atoms with E-state index in [9.17, 15) is 4.79 Å². The summed E-state index contributed by atoms with van der Waals surface area (Å²) in [6, 6.07) is 6.14. The van der Waals surface area contributed by atoms with Gasteiger partial charge >= 0.3 is 0 Å². The molecule has 10 nitrogen and oxygen atoms in total. The number of aromatic nitrogens is 2. The first-order valence-corrected chi connectivity index (χ1v) is 12.6. The van der Waals surface area contributed by atoms with Crippen LogP contribution in [0.25, 0.3) is 0 Å². The van der Waals surface area contributed by atoms with E-state index in [0.29, 0.717) is 35.0 Å². The zero-order valence-electron chi connectivity index (χ0n) is 21.5. The van der Waals surface area contributed by atoms with Crippen molar-refractivity contribution in [3.8, 4) is 11.6 Å². The lowest BCUT2D eigenvalue weighted by atomic mass is 10.0. The Morgan fingerprint density at radius 3 is 2.61 bits per heavy atom. The van der Waals surface area contributed by atoms with E-state index in [4.69, 9.17) is 9.47 Å². The van der Waals surface area contributed by atoms with Crippen LogP contribution < -0.4 is 30.3 Å². The predicted octanol–water partition coefficient (Wildman–Crippen LogP) is 1.99.